The van der Waals surface area contributed by atoms with E-state index in [1.54, 1.807) is 12.1 Å². The zero-order valence-electron chi connectivity index (χ0n) is 24.6. The highest BCUT2D eigenvalue weighted by Gasteiger charge is 2.68. The van der Waals surface area contributed by atoms with Gasteiger partial charge in [-0.3, -0.25) is 4.79 Å². The largest absolute Gasteiger partial charge is 0.486 e. The molecule has 2 aliphatic carbocycles. The average Bonchev–Trinajstić information content (AvgIpc) is 3.51. The number of ether oxygens (including phenoxy) is 2. The van der Waals surface area contributed by atoms with Crippen LogP contribution >= 0.6 is 0 Å². The molecule has 5 rings (SSSR count). The molecule has 1 fully saturated rings. The molecule has 1 aromatic heterocycles. The summed E-state index contributed by atoms with van der Waals surface area (Å²) in [6.07, 6.45) is 4.11. The van der Waals surface area contributed by atoms with Crippen LogP contribution in [0.3, 0.4) is 0 Å². The molecule has 1 saturated carbocycles. The molecule has 3 atom stereocenters. The molecule has 0 saturated heterocycles. The summed E-state index contributed by atoms with van der Waals surface area (Å²) < 4.78 is 42.0. The quantitative estimate of drug-likeness (QED) is 0.329. The van der Waals surface area contributed by atoms with Crippen molar-refractivity contribution in [3.05, 3.63) is 76.5 Å². The summed E-state index contributed by atoms with van der Waals surface area (Å²) >= 11 is 0. The van der Waals surface area contributed by atoms with E-state index in [0.717, 1.165) is 48.4 Å². The minimum absolute atomic E-state index is 0.0671. The number of carboxylic acids is 1. The number of halogens is 2. The van der Waals surface area contributed by atoms with E-state index in [-0.39, 0.29) is 23.7 Å². The van der Waals surface area contributed by atoms with Crippen molar-refractivity contribution < 1.29 is 33.3 Å². The Kier molecular flexibility index (Phi) is 8.73. The minimum atomic E-state index is -0.865. The maximum absolute atomic E-state index is 15.9. The highest BCUT2D eigenvalue weighted by molar-refractivity contribution is 5.79. The van der Waals surface area contributed by atoms with Gasteiger partial charge in [0, 0.05) is 29.7 Å². The number of nitrogens with zero attached hydrogens (tertiary/aromatic N) is 1. The number of hydrogen-bond acceptors (Lipinski definition) is 5. The van der Waals surface area contributed by atoms with Gasteiger partial charge in [0.15, 0.2) is 11.6 Å². The number of pyridine rings is 1. The van der Waals surface area contributed by atoms with Crippen molar-refractivity contribution >= 4 is 5.97 Å². The Morgan fingerprint density at radius 3 is 2.49 bits per heavy atom. The lowest BCUT2D eigenvalue weighted by molar-refractivity contribution is -0.139. The molecule has 1 spiro atoms. The summed E-state index contributed by atoms with van der Waals surface area (Å²) in [6.45, 7) is 8.38. The summed E-state index contributed by atoms with van der Waals surface area (Å²) in [5, 5.41) is 16.7. The van der Waals surface area contributed by atoms with Gasteiger partial charge in [-0.15, -0.1) is 0 Å². The van der Waals surface area contributed by atoms with Gasteiger partial charge in [-0.2, -0.15) is 0 Å². The number of hydrogen-bond donors (Lipinski definition) is 2. The first kappa shape index (κ1) is 30.4. The lowest BCUT2D eigenvalue weighted by Gasteiger charge is -2.28. The molecule has 0 amide bonds. The number of methoxy groups -OCH3 is 1. The van der Waals surface area contributed by atoms with Gasteiger partial charge in [-0.25, -0.2) is 13.8 Å². The van der Waals surface area contributed by atoms with Crippen LogP contribution in [0.5, 0.6) is 11.6 Å². The first-order chi connectivity index (χ1) is 19.5. The fourth-order valence-corrected chi connectivity index (χ4v) is 6.56. The predicted octanol–water partition coefficient (Wildman–Crippen LogP) is 6.74. The number of fused-ring (bicyclic) bond motifs is 2. The van der Waals surface area contributed by atoms with Crippen LogP contribution in [0.25, 0.3) is 11.1 Å². The smallest absolute Gasteiger partial charge is 0.307 e. The molecule has 2 aromatic carbocycles. The predicted molar refractivity (Wildman–Crippen MR) is 153 cm³/mol. The van der Waals surface area contributed by atoms with E-state index in [9.17, 15) is 14.3 Å². The Morgan fingerprint density at radius 1 is 1.12 bits per heavy atom. The van der Waals surface area contributed by atoms with E-state index in [4.69, 9.17) is 14.6 Å². The minimum Gasteiger partial charge on any atom is -0.486 e. The van der Waals surface area contributed by atoms with Crippen molar-refractivity contribution in [1.29, 1.82) is 0 Å². The fraction of sp³-hybridized carbons (Fsp3) is 0.455. The van der Waals surface area contributed by atoms with Gasteiger partial charge >= 0.3 is 5.97 Å². The van der Waals surface area contributed by atoms with Crippen LogP contribution in [0.4, 0.5) is 8.78 Å². The van der Waals surface area contributed by atoms with E-state index >= 15 is 4.39 Å². The van der Waals surface area contributed by atoms with Gasteiger partial charge in [0.25, 0.3) is 0 Å². The van der Waals surface area contributed by atoms with Crippen LogP contribution in [0.1, 0.15) is 62.8 Å². The van der Waals surface area contributed by atoms with E-state index < -0.39 is 28.9 Å². The van der Waals surface area contributed by atoms with Crippen LogP contribution in [-0.4, -0.2) is 35.4 Å². The van der Waals surface area contributed by atoms with Crippen LogP contribution in [0.15, 0.2) is 42.6 Å². The zero-order valence-corrected chi connectivity index (χ0v) is 24.6. The van der Waals surface area contributed by atoms with E-state index in [2.05, 4.69) is 25.8 Å². The Morgan fingerprint density at radius 2 is 1.85 bits per heavy atom. The molecule has 1 heterocycles. The maximum atomic E-state index is 15.9. The molecular formula is C33H39F2NO5. The van der Waals surface area contributed by atoms with Gasteiger partial charge in [-0.1, -0.05) is 52.0 Å². The number of rotatable bonds is 7. The number of carboxylic acid groups (broad SMARTS) is 1. The second kappa shape index (κ2) is 11.8. The number of aliphatic carboxylic acids is 1. The second-order valence-corrected chi connectivity index (χ2v) is 12.1. The number of aliphatic hydroxyl groups excluding tert-OH is 1. The molecule has 220 valence electrons. The van der Waals surface area contributed by atoms with Crippen LogP contribution in [0, 0.1) is 28.9 Å². The van der Waals surface area contributed by atoms with Gasteiger partial charge in [0.1, 0.15) is 12.4 Å². The third-order valence-corrected chi connectivity index (χ3v) is 8.33. The maximum Gasteiger partial charge on any atom is 0.307 e. The average molecular weight is 568 g/mol. The van der Waals surface area contributed by atoms with E-state index in [1.165, 1.54) is 7.11 Å². The summed E-state index contributed by atoms with van der Waals surface area (Å²) in [7, 11) is 2.49. The Hall–Kier alpha value is -3.52. The number of aliphatic hydroxyl groups is 1. The topological polar surface area (TPSA) is 88.9 Å². The molecular weight excluding hydrogens is 528 g/mol. The second-order valence-electron chi connectivity index (χ2n) is 12.1. The Labute approximate surface area is 240 Å². The van der Waals surface area contributed by atoms with E-state index in [0.29, 0.717) is 29.8 Å². The molecule has 8 heteroatoms. The first-order valence-corrected chi connectivity index (χ1v) is 13.9. The van der Waals surface area contributed by atoms with Gasteiger partial charge in [0.05, 0.1) is 19.2 Å². The van der Waals surface area contributed by atoms with Crippen LogP contribution in [0.2, 0.25) is 0 Å². The summed E-state index contributed by atoms with van der Waals surface area (Å²) in [6, 6.07) is 10.8. The van der Waals surface area contributed by atoms with Crippen molar-refractivity contribution in [3.8, 4) is 22.8 Å². The molecule has 3 aromatic rings. The van der Waals surface area contributed by atoms with Crippen molar-refractivity contribution in [2.75, 3.05) is 14.2 Å². The lowest BCUT2D eigenvalue weighted by Crippen LogP contribution is -2.24. The number of aryl methyl sites for hydroxylation is 1. The highest BCUT2D eigenvalue weighted by atomic mass is 19.1. The molecule has 2 aliphatic rings. The van der Waals surface area contributed by atoms with Crippen LogP contribution in [-0.2, 0) is 29.7 Å². The zero-order chi connectivity index (χ0) is 30.1. The standard InChI is InChI=1S/C32H35F2NO4.CH4O/c1-18-27(30(36)37)32(18)12-6-7-20-9-11-25(29(34)28(20)32)39-17-19-8-10-22(21(13-19)15-31(2,3)4)23-14-26(38-5)35-16-24(23)33;1-2/h8-11,13-14,16,18,27H,6-7,12,15,17H2,1-5H3,(H,36,37);2H,1H3. The lowest BCUT2D eigenvalue weighted by atomic mass is 9.77. The normalized spacial score (nSPS) is 21.0. The molecule has 0 bridgehead atoms. The summed E-state index contributed by atoms with van der Waals surface area (Å²) in [5.74, 6) is -1.97. The molecule has 3 unspecified atom stereocenters. The third kappa shape index (κ3) is 5.80. The fourth-order valence-electron chi connectivity index (χ4n) is 6.56. The third-order valence-electron chi connectivity index (χ3n) is 8.33. The van der Waals surface area contributed by atoms with Gasteiger partial charge < -0.3 is 19.7 Å². The highest BCUT2D eigenvalue weighted by Crippen LogP contribution is 2.65. The van der Waals surface area contributed by atoms with E-state index in [1.807, 2.05) is 31.2 Å². The molecule has 2 N–H and O–H groups in total. The molecule has 41 heavy (non-hydrogen) atoms. The number of benzene rings is 2. The van der Waals surface area contributed by atoms with Crippen molar-refractivity contribution in [2.45, 2.75) is 65.4 Å². The summed E-state index contributed by atoms with van der Waals surface area (Å²) in [5.41, 5.74) is 3.61. The first-order valence-electron chi connectivity index (χ1n) is 13.9. The monoisotopic (exact) mass is 567 g/mol. The van der Waals surface area contributed by atoms with Crippen molar-refractivity contribution in [2.24, 2.45) is 17.3 Å². The van der Waals surface area contributed by atoms with Crippen LogP contribution < -0.4 is 9.47 Å². The van der Waals surface area contributed by atoms with Gasteiger partial charge in [-0.05, 0) is 65.3 Å². The molecule has 0 radical (unpaired) electrons. The van der Waals surface area contributed by atoms with Crippen molar-refractivity contribution in [3.63, 3.8) is 0 Å². The van der Waals surface area contributed by atoms with Crippen molar-refractivity contribution in [1.82, 2.24) is 4.98 Å². The van der Waals surface area contributed by atoms with Gasteiger partial charge in [0.2, 0.25) is 5.88 Å². The Bertz CT molecular complexity index is 1430. The molecule has 0 aliphatic heterocycles. The SMILES string of the molecule is CO.COc1cc(-c2ccc(COc3ccc4c(c3F)C3(CCC4)C(C)C3C(=O)O)cc2CC(C)(C)C)c(F)cn1. The molecule has 6 nitrogen and oxygen atoms in total. The summed E-state index contributed by atoms with van der Waals surface area (Å²) in [4.78, 5) is 15.8. The number of carbonyl (C=O) groups is 1. The number of aromatic nitrogens is 1. The Balaban J connectivity index is 0.00000189.